The van der Waals surface area contributed by atoms with Crippen molar-refractivity contribution in [3.8, 4) is 0 Å². The molecule has 340 valence electrons. The van der Waals surface area contributed by atoms with Crippen LogP contribution in [0.4, 0.5) is 0 Å². The van der Waals surface area contributed by atoms with E-state index in [-0.39, 0.29) is 37.1 Å². The van der Waals surface area contributed by atoms with Gasteiger partial charge in [0.2, 0.25) is 34.2 Å². The quantitative estimate of drug-likeness (QED) is 0.125. The number of ether oxygens (including phenoxy) is 2. The summed E-state index contributed by atoms with van der Waals surface area (Å²) in [5, 5.41) is 7.44. The van der Waals surface area contributed by atoms with Crippen LogP contribution in [0.1, 0.15) is 107 Å². The number of methoxy groups -OCH3 is 2. The van der Waals surface area contributed by atoms with Crippen LogP contribution in [0.25, 0.3) is 0 Å². The molecule has 0 aliphatic carbocycles. The van der Waals surface area contributed by atoms with E-state index in [0.717, 1.165) is 17.9 Å². The van der Waals surface area contributed by atoms with Crippen LogP contribution in [0.15, 0.2) is 30.3 Å². The van der Waals surface area contributed by atoms with E-state index in [1.165, 1.54) is 39.4 Å². The van der Waals surface area contributed by atoms with E-state index in [4.69, 9.17) is 9.47 Å². The highest BCUT2D eigenvalue weighted by Crippen LogP contribution is 2.29. The molecule has 1 heterocycles. The maximum absolute atomic E-state index is 13.9. The van der Waals surface area contributed by atoms with Gasteiger partial charge in [0.25, 0.3) is 5.91 Å². The zero-order valence-corrected chi connectivity index (χ0v) is 39.2. The van der Waals surface area contributed by atoms with Gasteiger partial charge in [-0.2, -0.15) is 0 Å². The molecule has 1 fully saturated rings. The fourth-order valence-electron chi connectivity index (χ4n) is 6.60. The van der Waals surface area contributed by atoms with Gasteiger partial charge in [-0.1, -0.05) is 91.6 Å². The predicted molar refractivity (Wildman–Crippen MR) is 234 cm³/mol. The molecular formula is C43H78N6O9S. The molecule has 0 bridgehead atoms. The lowest BCUT2D eigenvalue weighted by Gasteiger charge is -2.39. The van der Waals surface area contributed by atoms with Crippen molar-refractivity contribution in [2.75, 3.05) is 41.4 Å². The Morgan fingerprint density at radius 2 is 1.54 bits per heavy atom. The molecular weight excluding hydrogens is 777 g/mol. The molecule has 0 spiro atoms. The summed E-state index contributed by atoms with van der Waals surface area (Å²) in [6.07, 6.45) is 2.33. The molecule has 15 nitrogen and oxygen atoms in total. The van der Waals surface area contributed by atoms with Crippen LogP contribution in [-0.4, -0.2) is 131 Å². The number of nitrogens with one attached hydrogen (secondary N) is 4. The highest BCUT2D eigenvalue weighted by molar-refractivity contribution is 7.90. The number of hydrogen-bond donors (Lipinski definition) is 4. The lowest BCUT2D eigenvalue weighted by Crippen LogP contribution is -2.55. The minimum Gasteiger partial charge on any atom is -0.379 e. The SMILES string of the molecule is CCC.CCC(C)C(C(CC(=O)N1CCCC1C(OC)C(C)C(=O)NC(Cc1ccccc1)C(=O)NS(=O)(=O)C(C)C)OC)N(C)C(=O)CNC=O.CNC(C)C(C)C. The Hall–Kier alpha value is -3.60. The van der Waals surface area contributed by atoms with Crippen molar-refractivity contribution >= 4 is 40.1 Å². The molecule has 5 amide bonds. The average molecular weight is 855 g/mol. The molecule has 0 aromatic heterocycles. The van der Waals surface area contributed by atoms with Gasteiger partial charge < -0.3 is 35.2 Å². The first-order valence-corrected chi connectivity index (χ1v) is 22.6. The molecule has 2 rings (SSSR count). The van der Waals surface area contributed by atoms with Crippen molar-refractivity contribution in [2.24, 2.45) is 17.8 Å². The van der Waals surface area contributed by atoms with Gasteiger partial charge in [0, 0.05) is 40.3 Å². The molecule has 1 aromatic carbocycles. The summed E-state index contributed by atoms with van der Waals surface area (Å²) in [7, 11) is 2.63. The Morgan fingerprint density at radius 3 is 2.00 bits per heavy atom. The van der Waals surface area contributed by atoms with E-state index in [2.05, 4.69) is 55.3 Å². The molecule has 16 heteroatoms. The highest BCUT2D eigenvalue weighted by Gasteiger charge is 2.42. The topological polar surface area (TPSA) is 193 Å². The Labute approximate surface area is 355 Å². The second kappa shape index (κ2) is 28.8. The monoisotopic (exact) mass is 855 g/mol. The van der Waals surface area contributed by atoms with Crippen LogP contribution in [0.5, 0.6) is 0 Å². The first-order valence-electron chi connectivity index (χ1n) is 21.1. The normalized spacial score (nSPS) is 17.4. The Bertz CT molecular complexity index is 1500. The van der Waals surface area contributed by atoms with E-state index >= 15 is 0 Å². The standard InChI is InChI=1S/C34H55N5O9S.C6H15N.C3H8/c1-9-23(4)31(38(6)30(42)20-35-21-40)28(47-7)19-29(41)39-17-13-16-27(39)32(48-8)24(5)33(43)36-26(18-25-14-11-10-12-15-25)34(44)37-49(45,46)22(2)3;1-5(2)6(3)7-4;1-3-2/h10-12,14-15,21-24,26-28,31-32H,9,13,16-20H2,1-8H3,(H,35,40)(H,36,43)(H,37,44);5-7H,1-4H3;3H2,1-2H3. The molecule has 1 aliphatic rings. The Kier molecular flexibility index (Phi) is 27.0. The number of carbonyl (C=O) groups excluding carboxylic acids is 5. The Morgan fingerprint density at radius 1 is 0.949 bits per heavy atom. The fraction of sp³-hybridized carbons (Fsp3) is 0.744. The van der Waals surface area contributed by atoms with E-state index < -0.39 is 63.3 Å². The van der Waals surface area contributed by atoms with Crippen LogP contribution >= 0.6 is 0 Å². The minimum absolute atomic E-state index is 0.0238. The van der Waals surface area contributed by atoms with Crippen molar-refractivity contribution < 1.29 is 41.9 Å². The second-order valence-corrected chi connectivity index (χ2v) is 18.2. The lowest BCUT2D eigenvalue weighted by molar-refractivity contribution is -0.145. The van der Waals surface area contributed by atoms with E-state index in [0.29, 0.717) is 31.8 Å². The van der Waals surface area contributed by atoms with Crippen LogP contribution in [0.3, 0.4) is 0 Å². The van der Waals surface area contributed by atoms with Crippen LogP contribution in [0, 0.1) is 17.8 Å². The van der Waals surface area contributed by atoms with Gasteiger partial charge in [0.1, 0.15) is 6.04 Å². The number of amides is 5. The number of sulfonamides is 1. The van der Waals surface area contributed by atoms with Crippen molar-refractivity contribution in [2.45, 2.75) is 149 Å². The molecule has 59 heavy (non-hydrogen) atoms. The molecule has 0 radical (unpaired) electrons. The molecule has 8 atom stereocenters. The van der Waals surface area contributed by atoms with Gasteiger partial charge in [0.15, 0.2) is 0 Å². The Balaban J connectivity index is 0.00000299. The summed E-state index contributed by atoms with van der Waals surface area (Å²) in [5.74, 6) is -2.00. The third-order valence-corrected chi connectivity index (χ3v) is 12.6. The van der Waals surface area contributed by atoms with Gasteiger partial charge in [-0.15, -0.1) is 0 Å². The number of hydrogen-bond acceptors (Lipinski definition) is 10. The van der Waals surface area contributed by atoms with Crippen LogP contribution < -0.4 is 20.7 Å². The lowest BCUT2D eigenvalue weighted by atomic mass is 9.90. The summed E-state index contributed by atoms with van der Waals surface area (Å²) in [4.78, 5) is 67.6. The second-order valence-electron chi connectivity index (χ2n) is 16.0. The zero-order valence-electron chi connectivity index (χ0n) is 38.4. The van der Waals surface area contributed by atoms with Gasteiger partial charge in [-0.3, -0.25) is 28.7 Å². The third kappa shape index (κ3) is 18.7. The van der Waals surface area contributed by atoms with Gasteiger partial charge >= 0.3 is 0 Å². The third-order valence-electron chi connectivity index (χ3n) is 10.9. The van der Waals surface area contributed by atoms with Crippen LogP contribution in [0.2, 0.25) is 0 Å². The van der Waals surface area contributed by atoms with Crippen molar-refractivity contribution in [1.82, 2.24) is 30.5 Å². The van der Waals surface area contributed by atoms with Crippen molar-refractivity contribution in [3.05, 3.63) is 35.9 Å². The maximum Gasteiger partial charge on any atom is 0.256 e. The minimum atomic E-state index is -3.95. The van der Waals surface area contributed by atoms with Crippen LogP contribution in [-0.2, 0) is 49.9 Å². The molecule has 0 saturated carbocycles. The smallest absolute Gasteiger partial charge is 0.256 e. The number of carbonyl (C=O) groups is 5. The number of rotatable bonds is 22. The molecule has 1 saturated heterocycles. The largest absolute Gasteiger partial charge is 0.379 e. The maximum atomic E-state index is 13.9. The summed E-state index contributed by atoms with van der Waals surface area (Å²) in [6.45, 7) is 19.6. The fourth-order valence-corrected chi connectivity index (χ4v) is 7.26. The van der Waals surface area contributed by atoms with E-state index in [1.807, 2.05) is 27.0 Å². The number of benzene rings is 1. The van der Waals surface area contributed by atoms with E-state index in [9.17, 15) is 32.4 Å². The van der Waals surface area contributed by atoms with Crippen molar-refractivity contribution in [3.63, 3.8) is 0 Å². The summed E-state index contributed by atoms with van der Waals surface area (Å²) < 4.78 is 38.7. The number of nitrogens with zero attached hydrogens (tertiary/aromatic N) is 2. The zero-order chi connectivity index (χ0) is 45.5. The summed E-state index contributed by atoms with van der Waals surface area (Å²) >= 11 is 0. The highest BCUT2D eigenvalue weighted by atomic mass is 32.2. The van der Waals surface area contributed by atoms with Gasteiger partial charge in [0.05, 0.1) is 48.4 Å². The summed E-state index contributed by atoms with van der Waals surface area (Å²) in [6, 6.07) is 7.49. The van der Waals surface area contributed by atoms with Crippen molar-refractivity contribution in [1.29, 1.82) is 0 Å². The molecule has 1 aliphatic heterocycles. The first-order chi connectivity index (χ1) is 27.7. The first kappa shape index (κ1) is 55.4. The number of likely N-dealkylation sites (N-methyl/N-ethyl adjacent to an activating group) is 1. The van der Waals surface area contributed by atoms with Gasteiger partial charge in [-0.25, -0.2) is 8.42 Å². The van der Waals surface area contributed by atoms with Gasteiger partial charge in [-0.05, 0) is 58.1 Å². The average Bonchev–Trinajstić information content (AvgIpc) is 3.69. The molecule has 8 unspecified atom stereocenters. The predicted octanol–water partition coefficient (Wildman–Crippen LogP) is 3.90. The number of likely N-dealkylation sites (tertiary alicyclic amines) is 1. The summed E-state index contributed by atoms with van der Waals surface area (Å²) in [5.41, 5.74) is 0.726. The molecule has 4 N–H and O–H groups in total. The van der Waals surface area contributed by atoms with E-state index in [1.54, 1.807) is 43.1 Å². The molecule has 1 aromatic rings.